The molecule has 3 unspecified atom stereocenters. The van der Waals surface area contributed by atoms with Crippen molar-refractivity contribution in [2.45, 2.75) is 94.4 Å². The van der Waals surface area contributed by atoms with E-state index in [1.807, 2.05) is 4.90 Å². The van der Waals surface area contributed by atoms with Crippen LogP contribution in [0.15, 0.2) is 30.3 Å². The van der Waals surface area contributed by atoms with E-state index in [0.717, 1.165) is 70.9 Å². The van der Waals surface area contributed by atoms with Gasteiger partial charge in [-0.05, 0) is 94.8 Å². The van der Waals surface area contributed by atoms with Crippen molar-refractivity contribution in [2.24, 2.45) is 5.41 Å². The summed E-state index contributed by atoms with van der Waals surface area (Å²) in [5.41, 5.74) is -1.48. The SMILES string of the molecule is COc1nc(-c2cc(O)cc3cccc(F)c23)c(F)c2nc(OCC34CCCC3N(C3CCC5(CCO5)CC3)CCC4)nc(N3CCOCC(C)(O)C3)c12. The number of likely N-dealkylation sites (tertiary alicyclic amines) is 1. The number of aromatic hydroxyl groups is 1. The first-order valence-electron chi connectivity index (χ1n) is 19.5. The molecule has 3 aliphatic heterocycles. The summed E-state index contributed by atoms with van der Waals surface area (Å²) in [6.07, 6.45) is 11.1. The summed E-state index contributed by atoms with van der Waals surface area (Å²) in [4.78, 5) is 18.8. The largest absolute Gasteiger partial charge is 0.508 e. The number of hydrogen-bond acceptors (Lipinski definition) is 11. The lowest BCUT2D eigenvalue weighted by molar-refractivity contribution is -0.175. The average molecular weight is 746 g/mol. The molecule has 3 saturated heterocycles. The van der Waals surface area contributed by atoms with Gasteiger partial charge in [-0.2, -0.15) is 9.97 Å². The van der Waals surface area contributed by atoms with Gasteiger partial charge < -0.3 is 34.1 Å². The number of hydrogen-bond donors (Lipinski definition) is 2. The molecule has 9 rings (SSSR count). The van der Waals surface area contributed by atoms with Gasteiger partial charge in [0, 0.05) is 35.0 Å². The van der Waals surface area contributed by atoms with E-state index in [4.69, 9.17) is 28.9 Å². The van der Waals surface area contributed by atoms with Crippen LogP contribution in [-0.2, 0) is 9.47 Å². The second kappa shape index (κ2) is 13.7. The van der Waals surface area contributed by atoms with Crippen LogP contribution in [0.25, 0.3) is 32.9 Å². The summed E-state index contributed by atoms with van der Waals surface area (Å²) in [6.45, 7) is 4.96. The van der Waals surface area contributed by atoms with Crippen molar-refractivity contribution in [1.29, 1.82) is 0 Å². The molecule has 2 aliphatic carbocycles. The monoisotopic (exact) mass is 745 g/mol. The van der Waals surface area contributed by atoms with E-state index < -0.39 is 17.2 Å². The first-order valence-corrected chi connectivity index (χ1v) is 19.5. The van der Waals surface area contributed by atoms with Crippen LogP contribution in [0.1, 0.15) is 71.1 Å². The highest BCUT2D eigenvalue weighted by atomic mass is 19.1. The lowest BCUT2D eigenvalue weighted by Gasteiger charge is -2.53. The molecule has 54 heavy (non-hydrogen) atoms. The number of anilines is 1. The Morgan fingerprint density at radius 2 is 1.78 bits per heavy atom. The number of ether oxygens (including phenoxy) is 4. The van der Waals surface area contributed by atoms with Crippen molar-refractivity contribution >= 4 is 27.5 Å². The number of fused-ring (bicyclic) bond motifs is 3. The molecule has 0 radical (unpaired) electrons. The summed E-state index contributed by atoms with van der Waals surface area (Å²) < 4.78 is 56.8. The van der Waals surface area contributed by atoms with Crippen LogP contribution in [-0.4, -0.2) is 107 Å². The summed E-state index contributed by atoms with van der Waals surface area (Å²) in [5, 5.41) is 22.5. The third-order valence-electron chi connectivity index (χ3n) is 13.0. The highest BCUT2D eigenvalue weighted by Crippen LogP contribution is 2.51. The number of halogens is 2. The van der Waals surface area contributed by atoms with Gasteiger partial charge in [0.2, 0.25) is 5.88 Å². The minimum absolute atomic E-state index is 0.00578. The first kappa shape index (κ1) is 35.8. The van der Waals surface area contributed by atoms with Crippen LogP contribution in [0.3, 0.4) is 0 Å². The second-order valence-electron chi connectivity index (χ2n) is 16.6. The van der Waals surface area contributed by atoms with Crippen LogP contribution >= 0.6 is 0 Å². The lowest BCUT2D eigenvalue weighted by Crippen LogP contribution is -2.58. The molecule has 11 nitrogen and oxygen atoms in total. The zero-order valence-electron chi connectivity index (χ0n) is 31.1. The van der Waals surface area contributed by atoms with Crippen molar-refractivity contribution in [3.63, 3.8) is 0 Å². The van der Waals surface area contributed by atoms with Gasteiger partial charge in [0.25, 0.3) is 0 Å². The van der Waals surface area contributed by atoms with E-state index in [9.17, 15) is 10.2 Å². The molecule has 4 aromatic rings. The molecule has 0 bridgehead atoms. The number of aliphatic hydroxyl groups is 1. The summed E-state index contributed by atoms with van der Waals surface area (Å²) in [7, 11) is 1.42. The molecule has 5 aliphatic rings. The average Bonchev–Trinajstić information content (AvgIpc) is 3.50. The number of rotatable bonds is 7. The number of phenolic OH excluding ortho intramolecular Hbond substituents is 1. The highest BCUT2D eigenvalue weighted by molar-refractivity contribution is 6.02. The number of benzene rings is 2. The molecule has 2 aromatic heterocycles. The van der Waals surface area contributed by atoms with E-state index in [1.165, 1.54) is 37.8 Å². The Hall–Kier alpha value is -3.91. The number of methoxy groups -OCH3 is 1. The molecule has 288 valence electrons. The van der Waals surface area contributed by atoms with Gasteiger partial charge >= 0.3 is 6.01 Å². The van der Waals surface area contributed by atoms with E-state index in [0.29, 0.717) is 43.0 Å². The highest BCUT2D eigenvalue weighted by Gasteiger charge is 2.52. The standard InChI is InChI=1S/C41H49F2N5O6/c1-39(50)22-47(17-19-52-23-39)36-32-35(33(43)34(44-37(32)51-2)28-21-27(49)20-25-6-3-7-29(42)31(25)28)45-38(46-36)53-24-40-11-4-8-30(40)48(16-5-12-40)26-9-13-41(14-10-26)15-18-54-41/h3,6-7,20-21,26,30,49-50H,4-5,8-19,22-24H2,1-2H3. The van der Waals surface area contributed by atoms with Crippen molar-refractivity contribution in [1.82, 2.24) is 19.9 Å². The van der Waals surface area contributed by atoms with Crippen molar-refractivity contribution in [3.8, 4) is 28.9 Å². The third-order valence-corrected chi connectivity index (χ3v) is 13.0. The van der Waals surface area contributed by atoms with Gasteiger partial charge in [0.05, 0.1) is 45.7 Å². The fourth-order valence-corrected chi connectivity index (χ4v) is 10.3. The summed E-state index contributed by atoms with van der Waals surface area (Å²) >= 11 is 0. The quantitative estimate of drug-likeness (QED) is 0.215. The Morgan fingerprint density at radius 1 is 0.963 bits per heavy atom. The predicted octanol–water partition coefficient (Wildman–Crippen LogP) is 6.54. The van der Waals surface area contributed by atoms with E-state index >= 15 is 8.78 Å². The Kier molecular flexibility index (Phi) is 9.06. The Labute approximate surface area is 313 Å². The molecule has 2 N–H and O–H groups in total. The zero-order chi connectivity index (χ0) is 37.2. The molecule has 1 spiro atoms. The zero-order valence-corrected chi connectivity index (χ0v) is 31.1. The Balaban J connectivity index is 1.12. The topological polar surface area (TPSA) is 123 Å². The van der Waals surface area contributed by atoms with Gasteiger partial charge in [-0.15, -0.1) is 0 Å². The lowest BCUT2D eigenvalue weighted by atomic mass is 9.72. The fraction of sp³-hybridized carbons (Fsp3) is 0.585. The Morgan fingerprint density at radius 3 is 2.56 bits per heavy atom. The van der Waals surface area contributed by atoms with Crippen molar-refractivity contribution < 1.29 is 37.9 Å². The van der Waals surface area contributed by atoms with Crippen molar-refractivity contribution in [3.05, 3.63) is 42.0 Å². The van der Waals surface area contributed by atoms with Crippen LogP contribution in [0.5, 0.6) is 17.6 Å². The van der Waals surface area contributed by atoms with E-state index in [2.05, 4.69) is 9.88 Å². The second-order valence-corrected chi connectivity index (χ2v) is 16.6. The molecule has 13 heteroatoms. The van der Waals surface area contributed by atoms with E-state index in [-0.39, 0.29) is 69.4 Å². The smallest absolute Gasteiger partial charge is 0.319 e. The normalized spacial score (nSPS) is 30.4. The minimum Gasteiger partial charge on any atom is -0.508 e. The fourth-order valence-electron chi connectivity index (χ4n) is 10.3. The van der Waals surface area contributed by atoms with Crippen LogP contribution < -0.4 is 14.4 Å². The number of phenols is 1. The maximum Gasteiger partial charge on any atom is 0.319 e. The number of nitrogens with zero attached hydrogens (tertiary/aromatic N) is 5. The molecule has 2 aromatic carbocycles. The molecule has 3 atom stereocenters. The molecular formula is C41H49F2N5O6. The molecule has 5 heterocycles. The van der Waals surface area contributed by atoms with Gasteiger partial charge in [0.1, 0.15) is 39.6 Å². The molecule has 2 saturated carbocycles. The summed E-state index contributed by atoms with van der Waals surface area (Å²) in [5.74, 6) is -1.28. The Bertz CT molecular complexity index is 2070. The third kappa shape index (κ3) is 6.21. The number of pyridine rings is 1. The van der Waals surface area contributed by atoms with Gasteiger partial charge in [-0.1, -0.05) is 18.6 Å². The van der Waals surface area contributed by atoms with Gasteiger partial charge in [0.15, 0.2) is 5.82 Å². The van der Waals surface area contributed by atoms with Crippen LogP contribution in [0.4, 0.5) is 14.6 Å². The molecular weight excluding hydrogens is 696 g/mol. The van der Waals surface area contributed by atoms with Gasteiger partial charge in [-0.3, -0.25) is 4.90 Å². The minimum atomic E-state index is -1.23. The van der Waals surface area contributed by atoms with Crippen molar-refractivity contribution in [2.75, 3.05) is 58.1 Å². The van der Waals surface area contributed by atoms with Crippen LogP contribution in [0, 0.1) is 17.0 Å². The van der Waals surface area contributed by atoms with E-state index in [1.54, 1.807) is 13.0 Å². The molecule has 0 amide bonds. The van der Waals surface area contributed by atoms with Crippen LogP contribution in [0.2, 0.25) is 0 Å². The number of piperidine rings is 1. The van der Waals surface area contributed by atoms with Gasteiger partial charge in [-0.25, -0.2) is 13.8 Å². The number of aromatic nitrogens is 3. The predicted molar refractivity (Wildman–Crippen MR) is 199 cm³/mol. The summed E-state index contributed by atoms with van der Waals surface area (Å²) in [6, 6.07) is 8.11. The number of β-amino-alcohol motifs (C(OH)–C–C–N with tert-alkyl or cyclic N) is 1. The molecule has 5 fully saturated rings. The maximum absolute atomic E-state index is 17.2. The first-order chi connectivity index (χ1) is 26.1. The maximum atomic E-state index is 17.2.